The lowest BCUT2D eigenvalue weighted by atomic mass is 9.94. The largest absolute Gasteiger partial charge is 0.204 e. The van der Waals surface area contributed by atoms with Gasteiger partial charge in [0.1, 0.15) is 7.85 Å². The minimum absolute atomic E-state index is 0. The zero-order chi connectivity index (χ0) is 9.46. The maximum atomic E-state index is 12.3. The van der Waals surface area contributed by atoms with Crippen molar-refractivity contribution in [2.75, 3.05) is 0 Å². The predicted octanol–water partition coefficient (Wildman–Crippen LogP) is 0.795. The molecule has 7 heteroatoms. The van der Waals surface area contributed by atoms with Crippen molar-refractivity contribution in [2.24, 2.45) is 0 Å². The Kier molecular flexibility index (Phi) is 3.51. The highest BCUT2D eigenvalue weighted by molar-refractivity contribution is 6.32. The van der Waals surface area contributed by atoms with Gasteiger partial charge < -0.3 is 0 Å². The van der Waals surface area contributed by atoms with Crippen LogP contribution >= 0.6 is 0 Å². The van der Waals surface area contributed by atoms with Crippen molar-refractivity contribution in [1.82, 2.24) is 0 Å². The van der Waals surface area contributed by atoms with Crippen molar-refractivity contribution in [3.8, 4) is 0 Å². The summed E-state index contributed by atoms with van der Waals surface area (Å²) >= 11 is 0. The first-order chi connectivity index (χ1) is 5.46. The van der Waals surface area contributed by atoms with Crippen molar-refractivity contribution >= 4 is 21.7 Å². The third-order valence-electron chi connectivity index (χ3n) is 1.24. The molecule has 0 nitrogen and oxygen atoms in total. The molecule has 5 radical (unpaired) electrons. The Morgan fingerprint density at radius 2 is 0.846 bits per heavy atom. The molecule has 0 aromatic heterocycles. The summed E-state index contributed by atoms with van der Waals surface area (Å²) in [7, 11) is 4.56. The van der Waals surface area contributed by atoms with Crippen LogP contribution in [0, 0.1) is 29.1 Å². The van der Waals surface area contributed by atoms with Crippen LogP contribution in [0.1, 0.15) is 0 Å². The van der Waals surface area contributed by atoms with Crippen LogP contribution in [0.5, 0.6) is 0 Å². The maximum absolute atomic E-state index is 12.3. The summed E-state index contributed by atoms with van der Waals surface area (Å²) in [5.41, 5.74) is -1.37. The van der Waals surface area contributed by atoms with Crippen LogP contribution < -0.4 is 5.46 Å². The Labute approximate surface area is 73.7 Å². The Morgan fingerprint density at radius 1 is 0.615 bits per heavy atom. The zero-order valence-corrected chi connectivity index (χ0v) is 6.04. The van der Waals surface area contributed by atoms with Crippen LogP contribution in [0.2, 0.25) is 0 Å². The van der Waals surface area contributed by atoms with E-state index < -0.39 is 34.5 Å². The van der Waals surface area contributed by atoms with Gasteiger partial charge in [0.2, 0.25) is 0 Å². The quantitative estimate of drug-likeness (QED) is 0.245. The first kappa shape index (κ1) is 12.0. The predicted molar refractivity (Wildman–Crippen MR) is 37.4 cm³/mol. The van der Waals surface area contributed by atoms with Gasteiger partial charge in [-0.3, -0.25) is 0 Å². The zero-order valence-electron chi connectivity index (χ0n) is 6.04. The summed E-state index contributed by atoms with van der Waals surface area (Å²) < 4.78 is 61.1. The summed E-state index contributed by atoms with van der Waals surface area (Å²) in [6, 6.07) is 0. The Morgan fingerprint density at radius 3 is 1.15 bits per heavy atom. The molecule has 1 aromatic rings. The van der Waals surface area contributed by atoms with Crippen LogP contribution in [-0.4, -0.2) is 16.3 Å². The topological polar surface area (TPSA) is 0 Å². The highest BCUT2D eigenvalue weighted by Gasteiger charge is 2.22. The van der Waals surface area contributed by atoms with Crippen molar-refractivity contribution in [1.29, 1.82) is 0 Å². The lowest BCUT2D eigenvalue weighted by Gasteiger charge is -2.02. The summed E-state index contributed by atoms with van der Waals surface area (Å²) in [5, 5.41) is 0. The van der Waals surface area contributed by atoms with Gasteiger partial charge in [0.05, 0.1) is 0 Å². The van der Waals surface area contributed by atoms with Crippen molar-refractivity contribution in [3.63, 3.8) is 0 Å². The molecule has 0 saturated heterocycles. The fourth-order valence-electron chi connectivity index (χ4n) is 0.622. The van der Waals surface area contributed by atoms with Gasteiger partial charge in [-0.2, -0.15) is 0 Å². The number of hydrogen-bond donors (Lipinski definition) is 0. The number of hydrogen-bond acceptors (Lipinski definition) is 0. The number of rotatable bonds is 0. The van der Waals surface area contributed by atoms with Crippen LogP contribution in [-0.2, 0) is 0 Å². The first-order valence-electron chi connectivity index (χ1n) is 2.73. The molecule has 13 heavy (non-hydrogen) atoms. The second-order valence-corrected chi connectivity index (χ2v) is 1.98. The first-order valence-corrected chi connectivity index (χ1v) is 2.73. The molecule has 0 saturated carbocycles. The molecule has 0 aliphatic rings. The molecule has 1 rings (SSSR count). The molecule has 65 valence electrons. The van der Waals surface area contributed by atoms with E-state index in [2.05, 4.69) is 7.85 Å². The lowest BCUT2D eigenvalue weighted by molar-refractivity contribution is 0.384. The molecule has 0 amide bonds. The molecule has 1 aromatic carbocycles. The smallest absolute Gasteiger partial charge is 0.200 e. The third-order valence-corrected chi connectivity index (χ3v) is 1.24. The minimum Gasteiger partial charge on any atom is -0.204 e. The van der Waals surface area contributed by atoms with E-state index in [0.29, 0.717) is 0 Å². The van der Waals surface area contributed by atoms with Crippen molar-refractivity contribution in [3.05, 3.63) is 29.1 Å². The molecular weight excluding hydrogens is 189 g/mol. The van der Waals surface area contributed by atoms with E-state index >= 15 is 0 Å². The van der Waals surface area contributed by atoms with Gasteiger partial charge in [-0.1, -0.05) is 0 Å². The van der Waals surface area contributed by atoms with E-state index in [4.69, 9.17) is 0 Å². The average molecular weight is 189 g/mol. The summed E-state index contributed by atoms with van der Waals surface area (Å²) in [4.78, 5) is 0. The molecule has 0 atom stereocenters. The molecule has 0 unspecified atom stereocenters. The van der Waals surface area contributed by atoms with Crippen molar-refractivity contribution in [2.45, 2.75) is 0 Å². The van der Waals surface area contributed by atoms with Crippen molar-refractivity contribution < 1.29 is 22.0 Å². The van der Waals surface area contributed by atoms with Gasteiger partial charge in [-0.25, -0.2) is 22.0 Å². The van der Waals surface area contributed by atoms with Crippen LogP contribution in [0.3, 0.4) is 0 Å². The summed E-state index contributed by atoms with van der Waals surface area (Å²) in [5.74, 6) is -10.3. The average Bonchev–Trinajstić information content (AvgIpc) is 2.08. The van der Waals surface area contributed by atoms with Gasteiger partial charge in [-0.05, 0) is 5.46 Å². The van der Waals surface area contributed by atoms with E-state index in [9.17, 15) is 22.0 Å². The Balaban J connectivity index is 0.00000144. The van der Waals surface area contributed by atoms with Gasteiger partial charge >= 0.3 is 0 Å². The van der Waals surface area contributed by atoms with Gasteiger partial charge in [0.15, 0.2) is 29.1 Å². The van der Waals surface area contributed by atoms with E-state index in [1.807, 2.05) is 0 Å². The van der Waals surface area contributed by atoms with E-state index in [1.54, 1.807) is 0 Å². The second-order valence-electron chi connectivity index (χ2n) is 1.98. The molecule has 0 aliphatic carbocycles. The standard InChI is InChI=1S/C6BF5.B/c7-1-2(8)4(10)6(12)5(11)3(1)9;. The van der Waals surface area contributed by atoms with Crippen LogP contribution in [0.25, 0.3) is 0 Å². The fourth-order valence-corrected chi connectivity index (χ4v) is 0.622. The molecule has 0 spiro atoms. The Hall–Kier alpha value is -1.00. The fraction of sp³-hybridized carbons (Fsp3) is 0. The molecule has 0 N–H and O–H groups in total. The molecule has 0 fully saturated rings. The number of halogens is 5. The maximum Gasteiger partial charge on any atom is 0.200 e. The molecule has 0 bridgehead atoms. The summed E-state index contributed by atoms with van der Waals surface area (Å²) in [6.07, 6.45) is 0. The van der Waals surface area contributed by atoms with Gasteiger partial charge in [-0.15, -0.1) is 0 Å². The molecule has 0 aliphatic heterocycles. The SMILES string of the molecule is [B].[B]c1c(F)c(F)c(F)c(F)c1F. The third kappa shape index (κ3) is 1.68. The monoisotopic (exact) mass is 189 g/mol. The van der Waals surface area contributed by atoms with E-state index in [1.165, 1.54) is 0 Å². The highest BCUT2D eigenvalue weighted by atomic mass is 19.2. The minimum atomic E-state index is -2.21. The molecular formula is C6B2F5. The number of benzene rings is 1. The van der Waals surface area contributed by atoms with Gasteiger partial charge in [0.25, 0.3) is 0 Å². The van der Waals surface area contributed by atoms with Gasteiger partial charge in [0, 0.05) is 8.41 Å². The molecule has 0 heterocycles. The normalized spacial score (nSPS) is 9.62. The highest BCUT2D eigenvalue weighted by Crippen LogP contribution is 2.14. The van der Waals surface area contributed by atoms with E-state index in [0.717, 1.165) is 0 Å². The Bertz CT molecular complexity index is 233. The van der Waals surface area contributed by atoms with Crippen LogP contribution in [0.15, 0.2) is 0 Å². The van der Waals surface area contributed by atoms with Crippen LogP contribution in [0.4, 0.5) is 22.0 Å². The van der Waals surface area contributed by atoms with E-state index in [-0.39, 0.29) is 8.41 Å². The lowest BCUT2D eigenvalue weighted by Crippen LogP contribution is -2.20. The second kappa shape index (κ2) is 3.81. The summed E-state index contributed by atoms with van der Waals surface area (Å²) in [6.45, 7) is 0.